The molecule has 0 radical (unpaired) electrons. The molecule has 0 spiro atoms. The van der Waals surface area contributed by atoms with Crippen molar-refractivity contribution in [3.63, 3.8) is 0 Å². The van der Waals surface area contributed by atoms with Gasteiger partial charge in [0, 0.05) is 5.56 Å². The SMILES string of the molecule is N#Cc1c(N)nc(SCCCc2ccccc2)c(C#N)c1-c1ccc(O)cc1. The van der Waals surface area contributed by atoms with E-state index in [9.17, 15) is 15.6 Å². The van der Waals surface area contributed by atoms with Crippen molar-refractivity contribution in [1.29, 1.82) is 10.5 Å². The van der Waals surface area contributed by atoms with Gasteiger partial charge in [0.05, 0.1) is 5.56 Å². The molecule has 0 aliphatic rings. The first-order chi connectivity index (χ1) is 13.6. The van der Waals surface area contributed by atoms with Crippen LogP contribution in [0.4, 0.5) is 5.82 Å². The van der Waals surface area contributed by atoms with Crippen molar-refractivity contribution in [3.05, 3.63) is 71.3 Å². The summed E-state index contributed by atoms with van der Waals surface area (Å²) >= 11 is 1.46. The van der Waals surface area contributed by atoms with E-state index in [0.29, 0.717) is 21.7 Å². The van der Waals surface area contributed by atoms with Gasteiger partial charge in [0.1, 0.15) is 34.3 Å². The number of hydrogen-bond acceptors (Lipinski definition) is 6. The summed E-state index contributed by atoms with van der Waals surface area (Å²) in [7, 11) is 0. The second-order valence-corrected chi connectivity index (χ2v) is 7.22. The third kappa shape index (κ3) is 4.25. The van der Waals surface area contributed by atoms with Crippen LogP contribution in [0, 0.1) is 22.7 Å². The molecule has 3 rings (SSSR count). The number of phenols is 1. The lowest BCUT2D eigenvalue weighted by molar-refractivity contribution is 0.475. The summed E-state index contributed by atoms with van der Waals surface area (Å²) in [4.78, 5) is 4.31. The highest BCUT2D eigenvalue weighted by Crippen LogP contribution is 2.36. The number of anilines is 1. The standard InChI is InChI=1S/C22H18N4OS/c23-13-18-20(16-8-10-17(27)11-9-16)19(14-24)22(26-21(18)25)28-12-4-7-15-5-2-1-3-6-15/h1-3,5-6,8-11,27H,4,7,12H2,(H2,25,26). The quantitative estimate of drug-likeness (QED) is 0.477. The Morgan fingerprint density at radius 3 is 2.29 bits per heavy atom. The molecular formula is C22H18N4OS. The highest BCUT2D eigenvalue weighted by Gasteiger charge is 2.20. The lowest BCUT2D eigenvalue weighted by atomic mass is 9.97. The van der Waals surface area contributed by atoms with Crippen LogP contribution < -0.4 is 5.73 Å². The Balaban J connectivity index is 1.88. The van der Waals surface area contributed by atoms with Crippen LogP contribution in [-0.4, -0.2) is 15.8 Å². The number of aryl methyl sites for hydroxylation is 1. The molecule has 3 N–H and O–H groups in total. The van der Waals surface area contributed by atoms with Crippen LogP contribution >= 0.6 is 11.8 Å². The number of nitriles is 2. The first-order valence-electron chi connectivity index (χ1n) is 8.74. The minimum atomic E-state index is 0.107. The molecule has 0 aliphatic heterocycles. The Hall–Kier alpha value is -3.48. The number of nitrogen functional groups attached to an aromatic ring is 1. The van der Waals surface area contributed by atoms with Gasteiger partial charge in [-0.2, -0.15) is 10.5 Å². The molecule has 138 valence electrons. The Labute approximate surface area is 168 Å². The number of benzene rings is 2. The predicted octanol–water partition coefficient (Wildman–Crippen LogP) is 4.50. The molecule has 28 heavy (non-hydrogen) atoms. The van der Waals surface area contributed by atoms with E-state index in [0.717, 1.165) is 18.6 Å². The fraction of sp³-hybridized carbons (Fsp3) is 0.136. The molecule has 0 fully saturated rings. The minimum absolute atomic E-state index is 0.107. The molecule has 0 saturated heterocycles. The van der Waals surface area contributed by atoms with E-state index >= 15 is 0 Å². The molecule has 1 heterocycles. The van der Waals surface area contributed by atoms with Gasteiger partial charge >= 0.3 is 0 Å². The van der Waals surface area contributed by atoms with Gasteiger partial charge in [-0.1, -0.05) is 42.5 Å². The summed E-state index contributed by atoms with van der Waals surface area (Å²) < 4.78 is 0. The lowest BCUT2D eigenvalue weighted by Crippen LogP contribution is -2.03. The number of thioether (sulfide) groups is 1. The maximum atomic E-state index is 9.76. The highest BCUT2D eigenvalue weighted by molar-refractivity contribution is 7.99. The lowest BCUT2D eigenvalue weighted by Gasteiger charge is -2.13. The molecule has 0 bridgehead atoms. The van der Waals surface area contributed by atoms with Gasteiger partial charge in [0.15, 0.2) is 0 Å². The molecule has 3 aromatic rings. The summed E-state index contributed by atoms with van der Waals surface area (Å²) in [5.74, 6) is 0.991. The average Bonchev–Trinajstić information content (AvgIpc) is 2.72. The van der Waals surface area contributed by atoms with Crippen LogP contribution in [0.3, 0.4) is 0 Å². The normalized spacial score (nSPS) is 10.2. The molecule has 1 aromatic heterocycles. The Morgan fingerprint density at radius 1 is 0.964 bits per heavy atom. The number of aromatic hydroxyl groups is 1. The van der Waals surface area contributed by atoms with Gasteiger partial charge in [0.2, 0.25) is 0 Å². The summed E-state index contributed by atoms with van der Waals surface area (Å²) in [6, 6.07) is 20.8. The van der Waals surface area contributed by atoms with Gasteiger partial charge in [0.25, 0.3) is 0 Å². The zero-order chi connectivity index (χ0) is 19.9. The van der Waals surface area contributed by atoms with E-state index in [-0.39, 0.29) is 17.1 Å². The number of nitrogens with zero attached hydrogens (tertiary/aromatic N) is 3. The average molecular weight is 386 g/mol. The maximum absolute atomic E-state index is 9.76. The smallest absolute Gasteiger partial charge is 0.143 e. The van der Waals surface area contributed by atoms with Crippen molar-refractivity contribution in [3.8, 4) is 29.0 Å². The van der Waals surface area contributed by atoms with Crippen LogP contribution in [-0.2, 0) is 6.42 Å². The predicted molar refractivity (Wildman–Crippen MR) is 111 cm³/mol. The van der Waals surface area contributed by atoms with Crippen LogP contribution in [0.15, 0.2) is 59.6 Å². The third-order valence-electron chi connectivity index (χ3n) is 4.26. The van der Waals surface area contributed by atoms with Crippen LogP contribution in [0.1, 0.15) is 23.1 Å². The molecule has 0 aliphatic carbocycles. The van der Waals surface area contributed by atoms with Gasteiger partial charge in [-0.3, -0.25) is 0 Å². The Kier molecular flexibility index (Phi) is 6.16. The fourth-order valence-corrected chi connectivity index (χ4v) is 3.85. The zero-order valence-electron chi connectivity index (χ0n) is 15.1. The summed E-state index contributed by atoms with van der Waals surface area (Å²) in [6.45, 7) is 0. The molecule has 6 heteroatoms. The van der Waals surface area contributed by atoms with E-state index in [4.69, 9.17) is 5.73 Å². The number of hydrogen-bond donors (Lipinski definition) is 2. The largest absolute Gasteiger partial charge is 0.508 e. The van der Waals surface area contributed by atoms with Gasteiger partial charge in [-0.15, -0.1) is 11.8 Å². The Bertz CT molecular complexity index is 1050. The fourth-order valence-electron chi connectivity index (χ4n) is 2.91. The summed E-state index contributed by atoms with van der Waals surface area (Å²) in [5, 5.41) is 29.3. The molecule has 2 aromatic carbocycles. The van der Waals surface area contributed by atoms with Crippen molar-refractivity contribution in [2.75, 3.05) is 11.5 Å². The van der Waals surface area contributed by atoms with Crippen molar-refractivity contribution in [2.45, 2.75) is 17.9 Å². The topological polar surface area (TPSA) is 107 Å². The highest BCUT2D eigenvalue weighted by atomic mass is 32.2. The van der Waals surface area contributed by atoms with Crippen molar-refractivity contribution >= 4 is 17.6 Å². The molecule has 0 unspecified atom stereocenters. The minimum Gasteiger partial charge on any atom is -0.508 e. The van der Waals surface area contributed by atoms with Gasteiger partial charge in [-0.05, 0) is 41.9 Å². The van der Waals surface area contributed by atoms with E-state index in [2.05, 4.69) is 29.3 Å². The second kappa shape index (κ2) is 8.94. The number of rotatable bonds is 6. The second-order valence-electron chi connectivity index (χ2n) is 6.14. The molecule has 5 nitrogen and oxygen atoms in total. The van der Waals surface area contributed by atoms with Crippen molar-refractivity contribution < 1.29 is 5.11 Å². The summed E-state index contributed by atoms with van der Waals surface area (Å²) in [6.07, 6.45) is 1.86. The molecular weight excluding hydrogens is 368 g/mol. The van der Waals surface area contributed by atoms with Gasteiger partial charge in [-0.25, -0.2) is 4.98 Å². The van der Waals surface area contributed by atoms with Crippen LogP contribution in [0.5, 0.6) is 5.75 Å². The molecule has 0 amide bonds. The van der Waals surface area contributed by atoms with Crippen molar-refractivity contribution in [1.82, 2.24) is 4.98 Å². The first-order valence-corrected chi connectivity index (χ1v) is 9.72. The van der Waals surface area contributed by atoms with Gasteiger partial charge < -0.3 is 10.8 Å². The number of pyridine rings is 1. The van der Waals surface area contributed by atoms with Crippen molar-refractivity contribution in [2.24, 2.45) is 0 Å². The third-order valence-corrected chi connectivity index (χ3v) is 5.32. The van der Waals surface area contributed by atoms with E-state index in [1.807, 2.05) is 18.2 Å². The number of aromatic nitrogens is 1. The van der Waals surface area contributed by atoms with E-state index in [1.165, 1.54) is 29.5 Å². The van der Waals surface area contributed by atoms with E-state index in [1.54, 1.807) is 12.1 Å². The van der Waals surface area contributed by atoms with E-state index < -0.39 is 0 Å². The molecule has 0 atom stereocenters. The summed E-state index contributed by atoms with van der Waals surface area (Å²) in [5.41, 5.74) is 8.89. The maximum Gasteiger partial charge on any atom is 0.143 e. The van der Waals surface area contributed by atoms with Crippen LogP contribution in [0.25, 0.3) is 11.1 Å². The zero-order valence-corrected chi connectivity index (χ0v) is 15.9. The molecule has 0 saturated carbocycles. The monoisotopic (exact) mass is 386 g/mol. The van der Waals surface area contributed by atoms with Crippen LogP contribution in [0.2, 0.25) is 0 Å². The first kappa shape index (κ1) is 19.3. The Morgan fingerprint density at radius 2 is 1.64 bits per heavy atom. The number of phenolic OH excluding ortho intramolecular Hbond substituents is 1. The number of nitrogens with two attached hydrogens (primary N) is 1.